The van der Waals surface area contributed by atoms with Gasteiger partial charge in [-0.3, -0.25) is 0 Å². The largest absolute Gasteiger partial charge is 0.493 e. The zero-order valence-electron chi connectivity index (χ0n) is 16.2. The average Bonchev–Trinajstić information content (AvgIpc) is 2.72. The predicted octanol–water partition coefficient (Wildman–Crippen LogP) is 4.99. The van der Waals surface area contributed by atoms with Crippen LogP contribution >= 0.6 is 0 Å². The number of hydrogen-bond acceptors (Lipinski definition) is 5. The molecule has 1 aromatic heterocycles. The molecule has 27 heavy (non-hydrogen) atoms. The third-order valence-corrected chi connectivity index (χ3v) is 4.32. The Labute approximate surface area is 159 Å². The van der Waals surface area contributed by atoms with Crippen LogP contribution in [0.4, 0.5) is 0 Å². The first-order valence-corrected chi connectivity index (χ1v) is 9.07. The molecule has 2 aromatic carbocycles. The minimum atomic E-state index is -0.438. The molecule has 0 bridgehead atoms. The van der Waals surface area contributed by atoms with Gasteiger partial charge >= 0.3 is 0 Å². The van der Waals surface area contributed by atoms with E-state index >= 15 is 0 Å². The van der Waals surface area contributed by atoms with Gasteiger partial charge < -0.3 is 18.9 Å². The standard InChI is InChI=1S/C22H25NO4/c1-5-26-22(27-6-2)17-14-19(23-18-10-8-7-9-16(17)18)15-11-12-20(24-3)21(13-15)25-4/h7-14,22H,5-6H2,1-4H3. The highest BCUT2D eigenvalue weighted by Crippen LogP contribution is 2.35. The van der Waals surface area contributed by atoms with Crippen molar-refractivity contribution in [3.05, 3.63) is 54.1 Å². The maximum Gasteiger partial charge on any atom is 0.184 e. The molecule has 0 fully saturated rings. The van der Waals surface area contributed by atoms with E-state index in [4.69, 9.17) is 23.9 Å². The summed E-state index contributed by atoms with van der Waals surface area (Å²) in [4.78, 5) is 4.83. The first kappa shape index (κ1) is 19.1. The highest BCUT2D eigenvalue weighted by atomic mass is 16.7. The SMILES string of the molecule is CCOC(OCC)c1cc(-c2ccc(OC)c(OC)c2)nc2ccccc12. The van der Waals surface area contributed by atoms with E-state index < -0.39 is 6.29 Å². The lowest BCUT2D eigenvalue weighted by Crippen LogP contribution is -2.10. The van der Waals surface area contributed by atoms with Crippen molar-refractivity contribution in [2.24, 2.45) is 0 Å². The molecule has 3 aromatic rings. The molecule has 0 radical (unpaired) electrons. The molecular weight excluding hydrogens is 342 g/mol. The number of rotatable bonds is 8. The number of para-hydroxylation sites is 1. The van der Waals surface area contributed by atoms with E-state index in [9.17, 15) is 0 Å². The first-order valence-electron chi connectivity index (χ1n) is 9.07. The molecule has 0 aliphatic carbocycles. The van der Waals surface area contributed by atoms with Crippen LogP contribution in [0.25, 0.3) is 22.2 Å². The van der Waals surface area contributed by atoms with Crippen LogP contribution in [0.5, 0.6) is 11.5 Å². The molecular formula is C22H25NO4. The summed E-state index contributed by atoms with van der Waals surface area (Å²) in [6.07, 6.45) is -0.438. The second kappa shape index (κ2) is 8.84. The normalized spacial score (nSPS) is 11.1. The molecule has 0 atom stereocenters. The summed E-state index contributed by atoms with van der Waals surface area (Å²) in [7, 11) is 3.25. The van der Waals surface area contributed by atoms with Crippen molar-refractivity contribution in [1.29, 1.82) is 0 Å². The molecule has 0 spiro atoms. The van der Waals surface area contributed by atoms with E-state index in [-0.39, 0.29) is 0 Å². The van der Waals surface area contributed by atoms with Crippen LogP contribution < -0.4 is 9.47 Å². The molecule has 3 rings (SSSR count). The van der Waals surface area contributed by atoms with E-state index in [0.29, 0.717) is 24.7 Å². The van der Waals surface area contributed by atoms with Gasteiger partial charge in [-0.25, -0.2) is 4.98 Å². The third-order valence-electron chi connectivity index (χ3n) is 4.32. The average molecular weight is 367 g/mol. The van der Waals surface area contributed by atoms with Crippen LogP contribution in [0.3, 0.4) is 0 Å². The summed E-state index contributed by atoms with van der Waals surface area (Å²) in [5, 5.41) is 1.02. The molecule has 0 saturated carbocycles. The van der Waals surface area contributed by atoms with Crippen molar-refractivity contribution < 1.29 is 18.9 Å². The predicted molar refractivity (Wildman–Crippen MR) is 106 cm³/mol. The van der Waals surface area contributed by atoms with Crippen molar-refractivity contribution in [2.75, 3.05) is 27.4 Å². The fraction of sp³-hybridized carbons (Fsp3) is 0.318. The summed E-state index contributed by atoms with van der Waals surface area (Å²) >= 11 is 0. The number of hydrogen-bond donors (Lipinski definition) is 0. The summed E-state index contributed by atoms with van der Waals surface area (Å²) in [5.41, 5.74) is 3.62. The molecule has 142 valence electrons. The molecule has 0 aliphatic rings. The van der Waals surface area contributed by atoms with Gasteiger partial charge in [-0.15, -0.1) is 0 Å². The smallest absolute Gasteiger partial charge is 0.184 e. The van der Waals surface area contributed by atoms with Crippen molar-refractivity contribution in [3.8, 4) is 22.8 Å². The van der Waals surface area contributed by atoms with E-state index in [1.54, 1.807) is 14.2 Å². The van der Waals surface area contributed by atoms with Crippen LogP contribution in [0.2, 0.25) is 0 Å². The Hall–Kier alpha value is -2.63. The van der Waals surface area contributed by atoms with Crippen LogP contribution in [-0.4, -0.2) is 32.4 Å². The monoisotopic (exact) mass is 367 g/mol. The lowest BCUT2D eigenvalue weighted by molar-refractivity contribution is -0.139. The number of pyridine rings is 1. The molecule has 0 saturated heterocycles. The number of methoxy groups -OCH3 is 2. The Bertz CT molecular complexity index is 904. The molecule has 5 nitrogen and oxygen atoms in total. The summed E-state index contributed by atoms with van der Waals surface area (Å²) in [5.74, 6) is 1.35. The minimum Gasteiger partial charge on any atom is -0.493 e. The summed E-state index contributed by atoms with van der Waals surface area (Å²) in [6.45, 7) is 5.05. The quantitative estimate of drug-likeness (QED) is 0.525. The number of nitrogens with zero attached hydrogens (tertiary/aromatic N) is 1. The zero-order chi connectivity index (χ0) is 19.2. The molecule has 1 heterocycles. The number of fused-ring (bicyclic) bond motifs is 1. The van der Waals surface area contributed by atoms with Crippen LogP contribution in [0.1, 0.15) is 25.7 Å². The zero-order valence-corrected chi connectivity index (χ0v) is 16.2. The second-order valence-corrected chi connectivity index (χ2v) is 5.93. The molecule has 0 N–H and O–H groups in total. The Morgan fingerprint density at radius 2 is 1.56 bits per heavy atom. The lowest BCUT2D eigenvalue weighted by atomic mass is 10.0. The number of ether oxygens (including phenoxy) is 4. The Balaban J connectivity index is 2.17. The highest BCUT2D eigenvalue weighted by molar-refractivity contribution is 5.85. The fourth-order valence-corrected chi connectivity index (χ4v) is 3.07. The molecule has 0 unspecified atom stereocenters. The molecule has 0 aliphatic heterocycles. The highest BCUT2D eigenvalue weighted by Gasteiger charge is 2.18. The number of aromatic nitrogens is 1. The topological polar surface area (TPSA) is 49.8 Å². The van der Waals surface area contributed by atoms with Crippen molar-refractivity contribution in [1.82, 2.24) is 4.98 Å². The van der Waals surface area contributed by atoms with Crippen LogP contribution in [0, 0.1) is 0 Å². The van der Waals surface area contributed by atoms with E-state index in [0.717, 1.165) is 27.7 Å². The first-order chi connectivity index (χ1) is 13.2. The Kier molecular flexibility index (Phi) is 6.27. The van der Waals surface area contributed by atoms with Gasteiger partial charge in [0.25, 0.3) is 0 Å². The Morgan fingerprint density at radius 1 is 0.852 bits per heavy atom. The summed E-state index contributed by atoms with van der Waals surface area (Å²) < 4.78 is 22.5. The van der Waals surface area contributed by atoms with Gasteiger partial charge in [0.15, 0.2) is 17.8 Å². The second-order valence-electron chi connectivity index (χ2n) is 5.93. The fourth-order valence-electron chi connectivity index (χ4n) is 3.07. The minimum absolute atomic E-state index is 0.438. The van der Waals surface area contributed by atoms with Gasteiger partial charge in [-0.05, 0) is 44.2 Å². The van der Waals surface area contributed by atoms with Gasteiger partial charge in [0.2, 0.25) is 0 Å². The Morgan fingerprint density at radius 3 is 2.22 bits per heavy atom. The third kappa shape index (κ3) is 4.04. The van der Waals surface area contributed by atoms with Crippen LogP contribution in [-0.2, 0) is 9.47 Å². The van der Waals surface area contributed by atoms with Crippen molar-refractivity contribution >= 4 is 10.9 Å². The number of benzene rings is 2. The summed E-state index contributed by atoms with van der Waals surface area (Å²) in [6, 6.07) is 15.8. The van der Waals surface area contributed by atoms with Gasteiger partial charge in [0.05, 0.1) is 25.4 Å². The van der Waals surface area contributed by atoms with E-state index in [1.165, 1.54) is 0 Å². The van der Waals surface area contributed by atoms with Crippen molar-refractivity contribution in [2.45, 2.75) is 20.1 Å². The van der Waals surface area contributed by atoms with Crippen molar-refractivity contribution in [3.63, 3.8) is 0 Å². The maximum atomic E-state index is 5.85. The maximum absolute atomic E-state index is 5.85. The van der Waals surface area contributed by atoms with E-state index in [1.807, 2.05) is 62.4 Å². The molecule has 0 amide bonds. The van der Waals surface area contributed by atoms with Gasteiger partial charge in [-0.1, -0.05) is 18.2 Å². The van der Waals surface area contributed by atoms with Gasteiger partial charge in [-0.2, -0.15) is 0 Å². The van der Waals surface area contributed by atoms with Gasteiger partial charge in [0.1, 0.15) is 0 Å². The lowest BCUT2D eigenvalue weighted by Gasteiger charge is -2.20. The molecule has 5 heteroatoms. The van der Waals surface area contributed by atoms with E-state index in [2.05, 4.69) is 0 Å². The van der Waals surface area contributed by atoms with Crippen LogP contribution in [0.15, 0.2) is 48.5 Å². The van der Waals surface area contributed by atoms with Gasteiger partial charge in [0, 0.05) is 29.7 Å².